The second kappa shape index (κ2) is 7.42. The number of likely N-dealkylation sites (tertiary alicyclic amines) is 1. The Morgan fingerprint density at radius 3 is 3.09 bits per heavy atom. The lowest BCUT2D eigenvalue weighted by molar-refractivity contribution is -0.149. The number of carbonyl (C=O) groups is 2. The van der Waals surface area contributed by atoms with Gasteiger partial charge in [-0.15, -0.1) is 11.3 Å². The maximum atomic E-state index is 12.5. The summed E-state index contributed by atoms with van der Waals surface area (Å²) in [5.41, 5.74) is 0. The Kier molecular flexibility index (Phi) is 5.30. The van der Waals surface area contributed by atoms with Crippen molar-refractivity contribution < 1.29 is 19.4 Å². The molecular weight excluding hydrogens is 316 g/mol. The number of amides is 2. The van der Waals surface area contributed by atoms with E-state index in [-0.39, 0.29) is 31.0 Å². The zero-order chi connectivity index (χ0) is 16.2. The molecule has 0 bridgehead atoms. The second-order valence-corrected chi connectivity index (χ2v) is 7.00. The summed E-state index contributed by atoms with van der Waals surface area (Å²) in [7, 11) is 0. The van der Waals surface area contributed by atoms with Crippen molar-refractivity contribution in [3.05, 3.63) is 22.4 Å². The lowest BCUT2D eigenvalue weighted by Crippen LogP contribution is -2.49. The molecule has 2 aliphatic heterocycles. The summed E-state index contributed by atoms with van der Waals surface area (Å²) in [6.07, 6.45) is 1.89. The minimum absolute atomic E-state index is 0.0267. The quantitative estimate of drug-likeness (QED) is 0.870. The largest absolute Gasteiger partial charge is 0.387 e. The zero-order valence-electron chi connectivity index (χ0n) is 13.0. The molecule has 6 nitrogen and oxygen atoms in total. The molecule has 0 radical (unpaired) electrons. The number of carbonyl (C=O) groups excluding carboxylic acids is 2. The van der Waals surface area contributed by atoms with E-state index in [1.54, 1.807) is 4.90 Å². The van der Waals surface area contributed by atoms with Crippen LogP contribution in [0.5, 0.6) is 0 Å². The van der Waals surface area contributed by atoms with Gasteiger partial charge in [0.25, 0.3) is 0 Å². The van der Waals surface area contributed by atoms with Gasteiger partial charge in [0.1, 0.15) is 6.61 Å². The monoisotopic (exact) mass is 338 g/mol. The highest BCUT2D eigenvalue weighted by molar-refractivity contribution is 7.10. The van der Waals surface area contributed by atoms with Crippen LogP contribution in [0.15, 0.2) is 17.5 Å². The average Bonchev–Trinajstić information content (AvgIpc) is 3.20. The Morgan fingerprint density at radius 1 is 1.48 bits per heavy atom. The van der Waals surface area contributed by atoms with Gasteiger partial charge in [0.2, 0.25) is 11.8 Å². The summed E-state index contributed by atoms with van der Waals surface area (Å²) >= 11 is 1.53. The second-order valence-electron chi connectivity index (χ2n) is 6.02. The fourth-order valence-corrected chi connectivity index (χ4v) is 3.96. The summed E-state index contributed by atoms with van der Waals surface area (Å²) in [5, 5.41) is 12.3. The molecule has 1 aromatic heterocycles. The first-order valence-corrected chi connectivity index (χ1v) is 8.89. The number of morpholine rings is 1. The van der Waals surface area contributed by atoms with Crippen LogP contribution in [0, 0.1) is 0 Å². The third-order valence-corrected chi connectivity index (χ3v) is 5.45. The molecule has 2 atom stereocenters. The summed E-state index contributed by atoms with van der Waals surface area (Å²) in [6.45, 7) is 1.85. The van der Waals surface area contributed by atoms with Crippen molar-refractivity contribution >= 4 is 23.2 Å². The predicted octanol–water partition coefficient (Wildman–Crippen LogP) is 1.02. The lowest BCUT2D eigenvalue weighted by atomic mass is 10.1. The number of nitrogens with zero attached hydrogens (tertiary/aromatic N) is 2. The van der Waals surface area contributed by atoms with Crippen molar-refractivity contribution in [3.8, 4) is 0 Å². The fourth-order valence-electron chi connectivity index (χ4n) is 3.24. The normalized spacial score (nSPS) is 23.3. The third kappa shape index (κ3) is 3.91. The van der Waals surface area contributed by atoms with E-state index in [9.17, 15) is 14.7 Å². The highest BCUT2D eigenvalue weighted by Gasteiger charge is 2.32. The Bertz CT molecular complexity index is 548. The van der Waals surface area contributed by atoms with Crippen molar-refractivity contribution in [1.29, 1.82) is 0 Å². The molecule has 0 spiro atoms. The molecule has 0 aliphatic carbocycles. The fraction of sp³-hybridized carbons (Fsp3) is 0.625. The van der Waals surface area contributed by atoms with E-state index >= 15 is 0 Å². The molecule has 23 heavy (non-hydrogen) atoms. The zero-order valence-corrected chi connectivity index (χ0v) is 13.8. The molecule has 2 unspecified atom stereocenters. The van der Waals surface area contributed by atoms with E-state index in [1.807, 2.05) is 22.4 Å². The summed E-state index contributed by atoms with van der Waals surface area (Å²) < 4.78 is 5.09. The maximum Gasteiger partial charge on any atom is 0.249 e. The third-order valence-electron chi connectivity index (χ3n) is 4.47. The summed E-state index contributed by atoms with van der Waals surface area (Å²) in [5.74, 6) is -0.153. The van der Waals surface area contributed by atoms with Crippen molar-refractivity contribution in [2.75, 3.05) is 32.8 Å². The minimum Gasteiger partial charge on any atom is -0.387 e. The van der Waals surface area contributed by atoms with Crippen LogP contribution in [0.4, 0.5) is 0 Å². The topological polar surface area (TPSA) is 70.1 Å². The van der Waals surface area contributed by atoms with Gasteiger partial charge in [-0.1, -0.05) is 6.07 Å². The summed E-state index contributed by atoms with van der Waals surface area (Å²) in [6, 6.07) is 3.89. The standard InChI is InChI=1S/C16H22N2O4S/c19-13(14-4-2-8-23-14)9-12-3-1-5-18(12)15(20)10-17-6-7-22-11-16(17)21/h2,4,8,12-13,19H,1,3,5-7,9-11H2. The molecule has 0 saturated carbocycles. The van der Waals surface area contributed by atoms with E-state index in [1.165, 1.54) is 11.3 Å². The van der Waals surface area contributed by atoms with Gasteiger partial charge in [-0.3, -0.25) is 9.59 Å². The Balaban J connectivity index is 1.57. The van der Waals surface area contributed by atoms with Gasteiger partial charge in [0, 0.05) is 24.0 Å². The van der Waals surface area contributed by atoms with Crippen LogP contribution in [0.25, 0.3) is 0 Å². The molecule has 2 saturated heterocycles. The van der Waals surface area contributed by atoms with Gasteiger partial charge < -0.3 is 19.6 Å². The maximum absolute atomic E-state index is 12.5. The van der Waals surface area contributed by atoms with E-state index in [0.29, 0.717) is 26.1 Å². The van der Waals surface area contributed by atoms with Gasteiger partial charge in [-0.05, 0) is 30.7 Å². The Hall–Kier alpha value is -1.44. The highest BCUT2D eigenvalue weighted by Crippen LogP contribution is 2.29. The van der Waals surface area contributed by atoms with E-state index in [2.05, 4.69) is 0 Å². The molecule has 3 rings (SSSR count). The van der Waals surface area contributed by atoms with Crippen LogP contribution in [0.2, 0.25) is 0 Å². The molecule has 3 heterocycles. The van der Waals surface area contributed by atoms with Gasteiger partial charge in [0.05, 0.1) is 19.3 Å². The highest BCUT2D eigenvalue weighted by atomic mass is 32.1. The van der Waals surface area contributed by atoms with Crippen LogP contribution >= 0.6 is 11.3 Å². The Morgan fingerprint density at radius 2 is 2.35 bits per heavy atom. The van der Waals surface area contributed by atoms with Crippen molar-refractivity contribution in [2.24, 2.45) is 0 Å². The van der Waals surface area contributed by atoms with Gasteiger partial charge in [0.15, 0.2) is 0 Å². The molecule has 0 aromatic carbocycles. The first kappa shape index (κ1) is 16.4. The number of hydrogen-bond acceptors (Lipinski definition) is 5. The number of hydrogen-bond donors (Lipinski definition) is 1. The predicted molar refractivity (Wildman–Crippen MR) is 86.0 cm³/mol. The molecule has 126 valence electrons. The van der Waals surface area contributed by atoms with E-state index in [4.69, 9.17) is 4.74 Å². The Labute approximate surface area is 139 Å². The number of ether oxygens (including phenoxy) is 1. The molecule has 2 fully saturated rings. The molecule has 7 heteroatoms. The molecule has 2 amide bonds. The minimum atomic E-state index is -0.529. The van der Waals surface area contributed by atoms with Crippen LogP contribution < -0.4 is 0 Å². The van der Waals surface area contributed by atoms with Crippen molar-refractivity contribution in [2.45, 2.75) is 31.4 Å². The van der Waals surface area contributed by atoms with E-state index in [0.717, 1.165) is 17.7 Å². The SMILES string of the molecule is O=C1COCCN1CC(=O)N1CCCC1CC(O)c1cccs1. The van der Waals surface area contributed by atoms with Gasteiger partial charge >= 0.3 is 0 Å². The first-order chi connectivity index (χ1) is 11.1. The van der Waals surface area contributed by atoms with Gasteiger partial charge in [-0.25, -0.2) is 0 Å². The molecule has 1 N–H and O–H groups in total. The number of thiophene rings is 1. The number of aliphatic hydroxyl groups excluding tert-OH is 1. The van der Waals surface area contributed by atoms with Crippen molar-refractivity contribution in [3.63, 3.8) is 0 Å². The van der Waals surface area contributed by atoms with Gasteiger partial charge in [-0.2, -0.15) is 0 Å². The van der Waals surface area contributed by atoms with Crippen molar-refractivity contribution in [1.82, 2.24) is 9.80 Å². The first-order valence-electron chi connectivity index (χ1n) is 8.01. The van der Waals surface area contributed by atoms with Crippen LogP contribution in [0.3, 0.4) is 0 Å². The van der Waals surface area contributed by atoms with Crippen LogP contribution in [0.1, 0.15) is 30.2 Å². The van der Waals surface area contributed by atoms with Crippen LogP contribution in [-0.4, -0.2) is 65.6 Å². The smallest absolute Gasteiger partial charge is 0.249 e. The molecular formula is C16H22N2O4S. The summed E-state index contributed by atoms with van der Waals surface area (Å²) in [4.78, 5) is 28.6. The molecule has 1 aromatic rings. The van der Waals surface area contributed by atoms with Crippen LogP contribution in [-0.2, 0) is 14.3 Å². The molecule has 2 aliphatic rings. The average molecular weight is 338 g/mol. The lowest BCUT2D eigenvalue weighted by Gasteiger charge is -2.31. The number of rotatable bonds is 5. The van der Waals surface area contributed by atoms with E-state index < -0.39 is 6.10 Å². The number of aliphatic hydroxyl groups is 1.